The number of hydrogen-bond donors (Lipinski definition) is 2. The van der Waals surface area contributed by atoms with Gasteiger partial charge in [-0.2, -0.15) is 0 Å². The largest absolute Gasteiger partial charge is 0.495 e. The van der Waals surface area contributed by atoms with Gasteiger partial charge in [-0.3, -0.25) is 0 Å². The van der Waals surface area contributed by atoms with Gasteiger partial charge in [0.25, 0.3) is 0 Å². The summed E-state index contributed by atoms with van der Waals surface area (Å²) in [4.78, 5) is 0. The topological polar surface area (TPSA) is 61.3 Å². The second kappa shape index (κ2) is 4.86. The van der Waals surface area contributed by atoms with Crippen LogP contribution in [0.15, 0.2) is 18.2 Å². The fourth-order valence-electron chi connectivity index (χ4n) is 1.48. The zero-order chi connectivity index (χ0) is 10.6. The molecule has 0 heterocycles. The first-order chi connectivity index (χ1) is 6.69. The van der Waals surface area contributed by atoms with E-state index in [-0.39, 0.29) is 0 Å². The lowest BCUT2D eigenvalue weighted by Crippen LogP contribution is -2.05. The third kappa shape index (κ3) is 2.39. The van der Waals surface area contributed by atoms with E-state index in [1.165, 1.54) is 5.56 Å². The number of rotatable bonds is 4. The molecule has 1 unspecified atom stereocenters. The van der Waals surface area contributed by atoms with Gasteiger partial charge in [-0.05, 0) is 36.6 Å². The predicted octanol–water partition coefficient (Wildman–Crippen LogP) is 1.73. The van der Waals surface area contributed by atoms with E-state index in [2.05, 4.69) is 6.92 Å². The summed E-state index contributed by atoms with van der Waals surface area (Å²) >= 11 is 0. The molecule has 14 heavy (non-hydrogen) atoms. The number of methoxy groups -OCH3 is 1. The Morgan fingerprint density at radius 2 is 2.14 bits per heavy atom. The lowest BCUT2D eigenvalue weighted by atomic mass is 9.97. The van der Waals surface area contributed by atoms with Gasteiger partial charge in [0.15, 0.2) is 0 Å². The molecule has 4 N–H and O–H groups in total. The summed E-state index contributed by atoms with van der Waals surface area (Å²) in [6.07, 6.45) is 0.978. The summed E-state index contributed by atoms with van der Waals surface area (Å²) in [5.41, 5.74) is 13.2. The van der Waals surface area contributed by atoms with Crippen LogP contribution in [0, 0.1) is 0 Å². The molecule has 0 aliphatic heterocycles. The monoisotopic (exact) mass is 194 g/mol. The molecule has 1 aromatic rings. The Hall–Kier alpha value is -1.22. The zero-order valence-electron chi connectivity index (χ0n) is 8.79. The molecule has 0 radical (unpaired) electrons. The highest BCUT2D eigenvalue weighted by atomic mass is 16.5. The quantitative estimate of drug-likeness (QED) is 0.717. The van der Waals surface area contributed by atoms with Gasteiger partial charge in [-0.1, -0.05) is 13.0 Å². The van der Waals surface area contributed by atoms with E-state index >= 15 is 0 Å². The first-order valence-electron chi connectivity index (χ1n) is 4.82. The van der Waals surface area contributed by atoms with E-state index in [9.17, 15) is 0 Å². The molecule has 0 aromatic heterocycles. The summed E-state index contributed by atoms with van der Waals surface area (Å²) < 4.78 is 5.09. The van der Waals surface area contributed by atoms with Gasteiger partial charge in [0.1, 0.15) is 5.75 Å². The Morgan fingerprint density at radius 3 is 2.64 bits per heavy atom. The van der Waals surface area contributed by atoms with Crippen molar-refractivity contribution in [2.75, 3.05) is 19.4 Å². The second-order valence-electron chi connectivity index (χ2n) is 3.48. The molecule has 78 valence electrons. The molecule has 0 bridgehead atoms. The maximum atomic E-state index is 5.81. The molecule has 0 fully saturated rings. The molecule has 1 aromatic carbocycles. The highest BCUT2D eigenvalue weighted by molar-refractivity contribution is 5.54. The number of nitrogens with two attached hydrogens (primary N) is 2. The summed E-state index contributed by atoms with van der Waals surface area (Å²) in [7, 11) is 1.62. The Bertz CT molecular complexity index is 299. The number of anilines is 1. The average molecular weight is 194 g/mol. The number of hydrogen-bond acceptors (Lipinski definition) is 3. The van der Waals surface area contributed by atoms with Crippen LogP contribution in [0.4, 0.5) is 5.69 Å². The molecule has 0 saturated carbocycles. The first kappa shape index (κ1) is 10.9. The fraction of sp³-hybridized carbons (Fsp3) is 0.455. The van der Waals surface area contributed by atoms with E-state index in [1.807, 2.05) is 18.2 Å². The van der Waals surface area contributed by atoms with E-state index in [1.54, 1.807) is 7.11 Å². The standard InChI is InChI=1S/C11H18N2O/c1-8(5-6-12)9-3-4-11(14-2)10(13)7-9/h3-4,7-8H,5-6,12-13H2,1-2H3. The summed E-state index contributed by atoms with van der Waals surface area (Å²) in [6.45, 7) is 2.85. The van der Waals surface area contributed by atoms with E-state index in [0.717, 1.165) is 12.2 Å². The number of benzene rings is 1. The van der Waals surface area contributed by atoms with Crippen LogP contribution in [-0.4, -0.2) is 13.7 Å². The van der Waals surface area contributed by atoms with Crippen LogP contribution in [-0.2, 0) is 0 Å². The SMILES string of the molecule is COc1ccc(C(C)CCN)cc1N. The third-order valence-electron chi connectivity index (χ3n) is 2.42. The Morgan fingerprint density at radius 1 is 1.43 bits per heavy atom. The molecule has 1 rings (SSSR count). The summed E-state index contributed by atoms with van der Waals surface area (Å²) in [5, 5.41) is 0. The smallest absolute Gasteiger partial charge is 0.141 e. The van der Waals surface area contributed by atoms with Gasteiger partial charge in [0, 0.05) is 0 Å². The Balaban J connectivity index is 2.85. The average Bonchev–Trinajstić information content (AvgIpc) is 2.18. The van der Waals surface area contributed by atoms with Crippen LogP contribution < -0.4 is 16.2 Å². The number of nitrogen functional groups attached to an aromatic ring is 1. The molecule has 0 amide bonds. The van der Waals surface area contributed by atoms with Gasteiger partial charge >= 0.3 is 0 Å². The van der Waals surface area contributed by atoms with Gasteiger partial charge in [-0.25, -0.2) is 0 Å². The molecular weight excluding hydrogens is 176 g/mol. The van der Waals surface area contributed by atoms with Crippen molar-refractivity contribution in [1.82, 2.24) is 0 Å². The van der Waals surface area contributed by atoms with Crippen molar-refractivity contribution in [3.8, 4) is 5.75 Å². The van der Waals surface area contributed by atoms with E-state index < -0.39 is 0 Å². The van der Waals surface area contributed by atoms with Crippen molar-refractivity contribution in [3.05, 3.63) is 23.8 Å². The highest BCUT2D eigenvalue weighted by Crippen LogP contribution is 2.27. The van der Waals surface area contributed by atoms with Crippen molar-refractivity contribution in [2.24, 2.45) is 5.73 Å². The second-order valence-corrected chi connectivity index (χ2v) is 3.48. The Labute approximate surface area is 85.0 Å². The van der Waals surface area contributed by atoms with Gasteiger partial charge in [0.05, 0.1) is 12.8 Å². The van der Waals surface area contributed by atoms with E-state index in [4.69, 9.17) is 16.2 Å². The van der Waals surface area contributed by atoms with Crippen molar-refractivity contribution in [2.45, 2.75) is 19.3 Å². The minimum Gasteiger partial charge on any atom is -0.495 e. The van der Waals surface area contributed by atoms with E-state index in [0.29, 0.717) is 18.2 Å². The lowest BCUT2D eigenvalue weighted by Gasteiger charge is -2.12. The molecule has 0 spiro atoms. The van der Waals surface area contributed by atoms with Gasteiger partial charge < -0.3 is 16.2 Å². The molecular formula is C11H18N2O. The fourth-order valence-corrected chi connectivity index (χ4v) is 1.48. The van der Waals surface area contributed by atoms with Crippen LogP contribution in [0.2, 0.25) is 0 Å². The molecule has 0 saturated heterocycles. The van der Waals surface area contributed by atoms with Crippen LogP contribution in [0.3, 0.4) is 0 Å². The maximum absolute atomic E-state index is 5.81. The molecule has 1 atom stereocenters. The van der Waals surface area contributed by atoms with Gasteiger partial charge in [-0.15, -0.1) is 0 Å². The van der Waals surface area contributed by atoms with Crippen LogP contribution in [0.5, 0.6) is 5.75 Å². The Kier molecular flexibility index (Phi) is 3.77. The predicted molar refractivity (Wildman–Crippen MR) is 59.5 cm³/mol. The maximum Gasteiger partial charge on any atom is 0.141 e. The molecule has 0 aliphatic rings. The summed E-state index contributed by atoms with van der Waals surface area (Å²) in [6, 6.07) is 5.90. The van der Waals surface area contributed by atoms with Crippen LogP contribution in [0.25, 0.3) is 0 Å². The van der Waals surface area contributed by atoms with Crippen molar-refractivity contribution in [3.63, 3.8) is 0 Å². The normalized spacial score (nSPS) is 12.5. The van der Waals surface area contributed by atoms with Crippen LogP contribution in [0.1, 0.15) is 24.8 Å². The highest BCUT2D eigenvalue weighted by Gasteiger charge is 2.06. The third-order valence-corrected chi connectivity index (χ3v) is 2.42. The van der Waals surface area contributed by atoms with Crippen molar-refractivity contribution < 1.29 is 4.74 Å². The van der Waals surface area contributed by atoms with Crippen molar-refractivity contribution in [1.29, 1.82) is 0 Å². The van der Waals surface area contributed by atoms with Gasteiger partial charge in [0.2, 0.25) is 0 Å². The molecule has 3 nitrogen and oxygen atoms in total. The minimum atomic E-state index is 0.452. The molecule has 3 heteroatoms. The zero-order valence-corrected chi connectivity index (χ0v) is 8.79. The first-order valence-corrected chi connectivity index (χ1v) is 4.82. The summed E-state index contributed by atoms with van der Waals surface area (Å²) in [5.74, 6) is 1.18. The van der Waals surface area contributed by atoms with Crippen LogP contribution >= 0.6 is 0 Å². The molecule has 0 aliphatic carbocycles. The minimum absolute atomic E-state index is 0.452. The van der Waals surface area contributed by atoms with Crippen molar-refractivity contribution >= 4 is 5.69 Å². The lowest BCUT2D eigenvalue weighted by molar-refractivity contribution is 0.416. The number of ether oxygens (including phenoxy) is 1.